The van der Waals surface area contributed by atoms with E-state index in [1.54, 1.807) is 30.2 Å². The lowest BCUT2D eigenvalue weighted by Crippen LogP contribution is -2.36. The second kappa shape index (κ2) is 5.48. The fraction of sp³-hybridized carbons (Fsp3) is 0.235. The smallest absolute Gasteiger partial charge is 0.257 e. The molecule has 0 spiro atoms. The van der Waals surface area contributed by atoms with E-state index >= 15 is 0 Å². The number of amides is 1. The van der Waals surface area contributed by atoms with E-state index in [4.69, 9.17) is 4.74 Å². The molecular formula is C17H17NO3. The van der Waals surface area contributed by atoms with Crippen LogP contribution >= 0.6 is 0 Å². The van der Waals surface area contributed by atoms with Crippen LogP contribution < -0.4 is 4.74 Å². The van der Waals surface area contributed by atoms with Gasteiger partial charge < -0.3 is 14.7 Å². The Balaban J connectivity index is 1.85. The summed E-state index contributed by atoms with van der Waals surface area (Å²) in [6, 6.07) is 12.6. The van der Waals surface area contributed by atoms with Crippen LogP contribution in [0, 0.1) is 0 Å². The van der Waals surface area contributed by atoms with Crippen molar-refractivity contribution in [3.63, 3.8) is 0 Å². The van der Waals surface area contributed by atoms with Crippen LogP contribution in [0.15, 0.2) is 42.5 Å². The highest BCUT2D eigenvalue weighted by atomic mass is 16.5. The van der Waals surface area contributed by atoms with Gasteiger partial charge in [0.05, 0.1) is 12.7 Å². The van der Waals surface area contributed by atoms with Crippen LogP contribution in [0.5, 0.6) is 11.5 Å². The maximum Gasteiger partial charge on any atom is 0.257 e. The lowest BCUT2D eigenvalue weighted by molar-refractivity contribution is 0.0731. The molecule has 0 aromatic heterocycles. The maximum atomic E-state index is 12.5. The molecule has 2 aromatic carbocycles. The number of methoxy groups -OCH3 is 1. The number of benzene rings is 2. The third-order valence-corrected chi connectivity index (χ3v) is 3.85. The van der Waals surface area contributed by atoms with Crippen LogP contribution in [0.25, 0.3) is 0 Å². The number of carbonyl (C=O) groups is 1. The SMILES string of the molecule is COc1ccc2c(c1)CN(C(=O)c1ccccc1O)CC2. The van der Waals surface area contributed by atoms with Crippen molar-refractivity contribution >= 4 is 5.91 Å². The predicted molar refractivity (Wildman–Crippen MR) is 79.5 cm³/mol. The average Bonchev–Trinajstić information content (AvgIpc) is 2.53. The predicted octanol–water partition coefficient (Wildman–Crippen LogP) is 2.60. The second-order valence-electron chi connectivity index (χ2n) is 5.13. The zero-order valence-electron chi connectivity index (χ0n) is 11.9. The molecule has 1 heterocycles. The van der Waals surface area contributed by atoms with Crippen molar-refractivity contribution in [1.82, 2.24) is 4.90 Å². The zero-order chi connectivity index (χ0) is 14.8. The Hall–Kier alpha value is -2.49. The molecule has 0 aliphatic carbocycles. The van der Waals surface area contributed by atoms with E-state index in [1.807, 2.05) is 12.1 Å². The van der Waals surface area contributed by atoms with Gasteiger partial charge in [-0.05, 0) is 41.8 Å². The largest absolute Gasteiger partial charge is 0.507 e. The molecule has 1 N–H and O–H groups in total. The van der Waals surface area contributed by atoms with Crippen LogP contribution in [0.3, 0.4) is 0 Å². The lowest BCUT2D eigenvalue weighted by Gasteiger charge is -2.29. The molecule has 0 unspecified atom stereocenters. The van der Waals surface area contributed by atoms with Crippen LogP contribution in [-0.2, 0) is 13.0 Å². The van der Waals surface area contributed by atoms with Gasteiger partial charge in [0.1, 0.15) is 11.5 Å². The highest BCUT2D eigenvalue weighted by Crippen LogP contribution is 2.26. The summed E-state index contributed by atoms with van der Waals surface area (Å²) in [6.07, 6.45) is 0.818. The van der Waals surface area contributed by atoms with Gasteiger partial charge in [-0.2, -0.15) is 0 Å². The number of carbonyl (C=O) groups excluding carboxylic acids is 1. The third-order valence-electron chi connectivity index (χ3n) is 3.85. The Kier molecular flexibility index (Phi) is 3.52. The fourth-order valence-corrected chi connectivity index (χ4v) is 2.66. The summed E-state index contributed by atoms with van der Waals surface area (Å²) in [5.41, 5.74) is 2.70. The summed E-state index contributed by atoms with van der Waals surface area (Å²) in [4.78, 5) is 14.3. The van der Waals surface area contributed by atoms with Gasteiger partial charge in [0.2, 0.25) is 0 Å². The number of phenolic OH excluding ortho intramolecular Hbond substituents is 1. The molecular weight excluding hydrogens is 266 g/mol. The zero-order valence-corrected chi connectivity index (χ0v) is 11.9. The first kappa shape index (κ1) is 13.5. The van der Waals surface area contributed by atoms with Gasteiger partial charge in [-0.15, -0.1) is 0 Å². The van der Waals surface area contributed by atoms with Gasteiger partial charge in [0, 0.05) is 13.1 Å². The van der Waals surface area contributed by atoms with Gasteiger partial charge in [-0.3, -0.25) is 4.79 Å². The highest BCUT2D eigenvalue weighted by molar-refractivity contribution is 5.96. The third kappa shape index (κ3) is 2.57. The van der Waals surface area contributed by atoms with Gasteiger partial charge in [0.15, 0.2) is 0 Å². The van der Waals surface area contributed by atoms with Crippen LogP contribution in [0.4, 0.5) is 0 Å². The van der Waals surface area contributed by atoms with Crippen molar-refractivity contribution in [3.05, 3.63) is 59.2 Å². The topological polar surface area (TPSA) is 49.8 Å². The Morgan fingerprint density at radius 3 is 2.76 bits per heavy atom. The average molecular weight is 283 g/mol. The molecule has 1 aliphatic heterocycles. The number of phenols is 1. The number of hydrogen-bond acceptors (Lipinski definition) is 3. The first-order chi connectivity index (χ1) is 10.2. The minimum atomic E-state index is -0.137. The summed E-state index contributed by atoms with van der Waals surface area (Å²) in [5.74, 6) is 0.686. The highest BCUT2D eigenvalue weighted by Gasteiger charge is 2.23. The number of aromatic hydroxyl groups is 1. The Morgan fingerprint density at radius 2 is 2.00 bits per heavy atom. The van der Waals surface area contributed by atoms with Crippen LogP contribution in [0.2, 0.25) is 0 Å². The molecule has 4 nitrogen and oxygen atoms in total. The molecule has 0 radical (unpaired) electrons. The van der Waals surface area contributed by atoms with Crippen molar-refractivity contribution < 1.29 is 14.6 Å². The van der Waals surface area contributed by atoms with Crippen LogP contribution in [0.1, 0.15) is 21.5 Å². The number of nitrogens with zero attached hydrogens (tertiary/aromatic N) is 1. The molecule has 1 amide bonds. The minimum absolute atomic E-state index is 0.0268. The van der Waals surface area contributed by atoms with E-state index in [2.05, 4.69) is 6.07 Å². The lowest BCUT2D eigenvalue weighted by atomic mass is 9.98. The number of rotatable bonds is 2. The first-order valence-corrected chi connectivity index (χ1v) is 6.92. The normalized spacial score (nSPS) is 13.7. The minimum Gasteiger partial charge on any atom is -0.507 e. The van der Waals surface area contributed by atoms with Crippen molar-refractivity contribution in [1.29, 1.82) is 0 Å². The molecule has 0 saturated carbocycles. The molecule has 0 atom stereocenters. The van der Waals surface area contributed by atoms with Gasteiger partial charge in [0.25, 0.3) is 5.91 Å². The number of hydrogen-bond donors (Lipinski definition) is 1. The number of fused-ring (bicyclic) bond motifs is 1. The molecule has 3 rings (SSSR count). The van der Waals surface area contributed by atoms with Crippen LogP contribution in [-0.4, -0.2) is 29.6 Å². The number of para-hydroxylation sites is 1. The van der Waals surface area contributed by atoms with Crippen molar-refractivity contribution in [2.45, 2.75) is 13.0 Å². The van der Waals surface area contributed by atoms with Gasteiger partial charge >= 0.3 is 0 Å². The maximum absolute atomic E-state index is 12.5. The summed E-state index contributed by atoms with van der Waals surface area (Å²) in [7, 11) is 1.63. The molecule has 0 saturated heterocycles. The standard InChI is InChI=1S/C17H17NO3/c1-21-14-7-6-12-8-9-18(11-13(12)10-14)17(20)15-4-2-3-5-16(15)19/h2-7,10,19H,8-9,11H2,1H3. The van der Waals surface area contributed by atoms with Crippen molar-refractivity contribution in [2.75, 3.05) is 13.7 Å². The van der Waals surface area contributed by atoms with Gasteiger partial charge in [-0.25, -0.2) is 0 Å². The summed E-state index contributed by atoms with van der Waals surface area (Å²) < 4.78 is 5.24. The van der Waals surface area contributed by atoms with E-state index < -0.39 is 0 Å². The summed E-state index contributed by atoms with van der Waals surface area (Å²) in [5, 5.41) is 9.82. The van der Waals surface area contributed by atoms with Gasteiger partial charge in [-0.1, -0.05) is 18.2 Å². The molecule has 108 valence electrons. The van der Waals surface area contributed by atoms with E-state index in [-0.39, 0.29) is 11.7 Å². The van der Waals surface area contributed by atoms with E-state index in [1.165, 1.54) is 11.6 Å². The van der Waals surface area contributed by atoms with E-state index in [0.717, 1.165) is 17.7 Å². The Labute approximate surface area is 123 Å². The molecule has 0 bridgehead atoms. The molecule has 0 fully saturated rings. The Bertz CT molecular complexity index is 681. The number of ether oxygens (including phenoxy) is 1. The van der Waals surface area contributed by atoms with Crippen molar-refractivity contribution in [3.8, 4) is 11.5 Å². The molecule has 4 heteroatoms. The molecule has 2 aromatic rings. The quantitative estimate of drug-likeness (QED) is 0.921. The van der Waals surface area contributed by atoms with E-state index in [0.29, 0.717) is 18.7 Å². The summed E-state index contributed by atoms with van der Waals surface area (Å²) in [6.45, 7) is 1.20. The molecule has 21 heavy (non-hydrogen) atoms. The van der Waals surface area contributed by atoms with E-state index in [9.17, 15) is 9.90 Å². The van der Waals surface area contributed by atoms with Crippen molar-refractivity contribution in [2.24, 2.45) is 0 Å². The Morgan fingerprint density at radius 1 is 1.19 bits per heavy atom. The first-order valence-electron chi connectivity index (χ1n) is 6.92. The monoisotopic (exact) mass is 283 g/mol. The fourth-order valence-electron chi connectivity index (χ4n) is 2.66. The second-order valence-corrected chi connectivity index (χ2v) is 5.13. The summed E-state index contributed by atoms with van der Waals surface area (Å²) >= 11 is 0. The molecule has 1 aliphatic rings.